The van der Waals surface area contributed by atoms with Crippen molar-refractivity contribution < 1.29 is 49.5 Å². The molecule has 6 aromatic rings. The predicted octanol–water partition coefficient (Wildman–Crippen LogP) is 7.42. The Hall–Kier alpha value is -4.73. The second-order valence-corrected chi connectivity index (χ2v) is 20.6. The zero-order valence-corrected chi connectivity index (χ0v) is 40.3. The first kappa shape index (κ1) is 50.7. The largest absolute Gasteiger partial charge is 0.469 e. The molecule has 0 radical (unpaired) electrons. The highest BCUT2D eigenvalue weighted by atomic mass is 35.5. The fourth-order valence-corrected chi connectivity index (χ4v) is 11.1. The van der Waals surface area contributed by atoms with Gasteiger partial charge in [0, 0.05) is 61.4 Å². The molecule has 0 saturated carbocycles. The molecule has 15 nitrogen and oxygen atoms in total. The fourth-order valence-electron chi connectivity index (χ4n) is 8.10. The van der Waals surface area contributed by atoms with E-state index in [0.717, 1.165) is 48.0 Å². The number of fused-ring (bicyclic) bond motifs is 6. The van der Waals surface area contributed by atoms with Gasteiger partial charge in [0.15, 0.2) is 0 Å². The van der Waals surface area contributed by atoms with Gasteiger partial charge >= 0.3 is 11.9 Å². The van der Waals surface area contributed by atoms with Crippen LogP contribution in [-0.4, -0.2) is 108 Å². The summed E-state index contributed by atoms with van der Waals surface area (Å²) in [5.41, 5.74) is 3.52. The van der Waals surface area contributed by atoms with Crippen molar-refractivity contribution in [3.05, 3.63) is 117 Å². The number of methoxy groups -OCH3 is 2. The van der Waals surface area contributed by atoms with E-state index in [1.165, 1.54) is 60.1 Å². The molecule has 23 heteroatoms. The lowest BCUT2D eigenvalue weighted by Gasteiger charge is -2.32. The average Bonchev–Trinajstić information content (AvgIpc) is 3.78. The monoisotopic (exact) mass is 1030 g/mol. The fraction of sp³-hybridized carbons (Fsp3) is 0.326. The number of carbonyl (C=O) groups is 3. The number of benzene rings is 2. The van der Waals surface area contributed by atoms with Crippen molar-refractivity contribution >= 4 is 106 Å². The zero-order chi connectivity index (χ0) is 48.2. The molecular weight excluding hydrogens is 988 g/mol. The van der Waals surface area contributed by atoms with Crippen molar-refractivity contribution in [2.24, 2.45) is 0 Å². The van der Waals surface area contributed by atoms with E-state index in [-0.39, 0.29) is 50.8 Å². The number of aromatic nitrogens is 4. The SMILES string of the molecule is COC(=O)C(=O)c1c2n(c3nc(Cl)ccc13)CC(N(C)S(=O)(=O)c1ccc(F)cc1)CC2.COC(=O)Cc1c2n(c3nc(Cl)ccc13)CC(N(C)S(=O)(=O)c1ccc(F)cc1)CC2.ClCCl. The number of ether oxygens (including phenoxy) is 2. The number of likely N-dealkylation sites (N-methyl/N-ethyl adjacent to an activating group) is 2. The lowest BCUT2D eigenvalue weighted by atomic mass is 10.00. The summed E-state index contributed by atoms with van der Waals surface area (Å²) in [5, 5.41) is 1.95. The zero-order valence-electron chi connectivity index (χ0n) is 35.7. The number of hydrogen-bond donors (Lipinski definition) is 0. The summed E-state index contributed by atoms with van der Waals surface area (Å²) < 4.78 is 94.4. The van der Waals surface area contributed by atoms with Gasteiger partial charge in [-0.05, 0) is 104 Å². The quantitative estimate of drug-likeness (QED) is 0.0438. The summed E-state index contributed by atoms with van der Waals surface area (Å²) in [6.07, 6.45) is 1.97. The Morgan fingerprint density at radius 3 is 1.56 bits per heavy atom. The Morgan fingerprint density at radius 1 is 0.682 bits per heavy atom. The maximum atomic E-state index is 13.2. The molecule has 2 atom stereocenters. The van der Waals surface area contributed by atoms with Gasteiger partial charge in [0.1, 0.15) is 33.2 Å². The number of alkyl halides is 2. The molecule has 0 saturated heterocycles. The highest BCUT2D eigenvalue weighted by molar-refractivity contribution is 7.89. The third-order valence-electron chi connectivity index (χ3n) is 11.4. The molecule has 4 aromatic heterocycles. The number of carbonyl (C=O) groups excluding carboxylic acids is 3. The van der Waals surface area contributed by atoms with Gasteiger partial charge in [-0.25, -0.2) is 40.4 Å². The summed E-state index contributed by atoms with van der Waals surface area (Å²) in [7, 11) is -2.23. The van der Waals surface area contributed by atoms with Crippen LogP contribution < -0.4 is 0 Å². The van der Waals surface area contributed by atoms with Crippen LogP contribution in [-0.2, 0) is 71.5 Å². The molecule has 2 unspecified atom stereocenters. The Balaban J connectivity index is 0.000000206. The summed E-state index contributed by atoms with van der Waals surface area (Å²) >= 11 is 21.7. The Morgan fingerprint density at radius 2 is 1.11 bits per heavy atom. The number of pyridine rings is 2. The highest BCUT2D eigenvalue weighted by Gasteiger charge is 2.37. The minimum Gasteiger partial charge on any atom is -0.469 e. The molecule has 2 aliphatic heterocycles. The molecule has 2 aromatic carbocycles. The summed E-state index contributed by atoms with van der Waals surface area (Å²) in [6.45, 7) is 0.557. The van der Waals surface area contributed by atoms with Crippen LogP contribution in [0.25, 0.3) is 22.1 Å². The van der Waals surface area contributed by atoms with Crippen molar-refractivity contribution in [1.82, 2.24) is 27.7 Å². The standard InChI is InChI=1S/C21H19ClFN3O5S.C21H21ClFN3O4S.CH2Cl2/c1-25(32(29,30)14-6-3-12(23)4-7-14)13-5-9-16-18(19(27)21(28)31-2)15-8-10-17(22)24-20(15)26(16)11-13;1-25(31(28,29)15-6-3-13(23)4-7-15)14-5-9-18-17(11-20(27)30-2)16-8-10-19(22)24-21(16)26(18)12-14;2-1-3/h3-4,6-8,10,13H,5,9,11H2,1-2H3;3-4,6-8,10,14H,5,9,11-12H2,1-2H3;1H2. The molecule has 8 rings (SSSR count). The van der Waals surface area contributed by atoms with Crippen LogP contribution in [0.4, 0.5) is 8.78 Å². The molecular formula is C43H42Cl4F2N6O9S2. The van der Waals surface area contributed by atoms with Crippen LogP contribution >= 0.6 is 46.4 Å². The molecule has 6 heterocycles. The van der Waals surface area contributed by atoms with E-state index >= 15 is 0 Å². The third-order valence-corrected chi connectivity index (χ3v) is 15.7. The van der Waals surface area contributed by atoms with Gasteiger partial charge in [-0.2, -0.15) is 8.61 Å². The number of halogens is 6. The molecule has 0 bridgehead atoms. The third kappa shape index (κ3) is 10.4. The van der Waals surface area contributed by atoms with E-state index in [0.29, 0.717) is 59.8 Å². The topological polar surface area (TPSA) is 180 Å². The van der Waals surface area contributed by atoms with Crippen molar-refractivity contribution in [2.75, 3.05) is 33.7 Å². The van der Waals surface area contributed by atoms with Crippen molar-refractivity contribution in [3.63, 3.8) is 0 Å². The first-order valence-electron chi connectivity index (χ1n) is 19.9. The van der Waals surface area contributed by atoms with Gasteiger partial charge in [0.2, 0.25) is 20.0 Å². The molecule has 352 valence electrons. The van der Waals surface area contributed by atoms with Crippen LogP contribution in [0.15, 0.2) is 82.6 Å². The minimum absolute atomic E-state index is 0.0210. The second kappa shape index (κ2) is 21.1. The first-order valence-corrected chi connectivity index (χ1v) is 24.6. The first-order chi connectivity index (χ1) is 31.3. The maximum Gasteiger partial charge on any atom is 0.379 e. The Kier molecular flexibility index (Phi) is 16.2. The molecule has 0 N–H and O–H groups in total. The van der Waals surface area contributed by atoms with Crippen molar-refractivity contribution in [1.29, 1.82) is 0 Å². The van der Waals surface area contributed by atoms with Crippen LogP contribution in [0, 0.1) is 11.6 Å². The number of rotatable bonds is 10. The van der Waals surface area contributed by atoms with Gasteiger partial charge in [0.25, 0.3) is 5.78 Å². The second-order valence-electron chi connectivity index (χ2n) is 15.0. The maximum absolute atomic E-state index is 13.2. The molecule has 0 aliphatic carbocycles. The summed E-state index contributed by atoms with van der Waals surface area (Å²) in [5.74, 6) is -3.17. The van der Waals surface area contributed by atoms with Crippen molar-refractivity contribution in [2.45, 2.75) is 67.1 Å². The average molecular weight is 1030 g/mol. The lowest BCUT2D eigenvalue weighted by molar-refractivity contribution is -0.139. The number of Topliss-reactive ketones (excluding diaryl/α,β-unsaturated/α-hetero) is 1. The molecule has 0 spiro atoms. The molecule has 66 heavy (non-hydrogen) atoms. The van der Waals surface area contributed by atoms with Gasteiger partial charge < -0.3 is 18.6 Å². The summed E-state index contributed by atoms with van der Waals surface area (Å²) in [4.78, 5) is 45.4. The molecule has 0 amide bonds. The van der Waals surface area contributed by atoms with Gasteiger partial charge in [-0.3, -0.25) is 9.59 Å². The smallest absolute Gasteiger partial charge is 0.379 e. The van der Waals surface area contributed by atoms with E-state index in [1.54, 1.807) is 16.7 Å². The van der Waals surface area contributed by atoms with E-state index in [9.17, 15) is 40.0 Å². The Labute approximate surface area is 399 Å². The van der Waals surface area contributed by atoms with Crippen LogP contribution in [0.1, 0.15) is 40.2 Å². The van der Waals surface area contributed by atoms with Gasteiger partial charge in [-0.1, -0.05) is 23.2 Å². The van der Waals surface area contributed by atoms with Crippen LogP contribution in [0.2, 0.25) is 10.3 Å². The predicted molar refractivity (Wildman–Crippen MR) is 245 cm³/mol. The number of hydrogen-bond acceptors (Lipinski definition) is 11. The van der Waals surface area contributed by atoms with Crippen LogP contribution in [0.5, 0.6) is 0 Å². The molecule has 0 fully saturated rings. The van der Waals surface area contributed by atoms with Gasteiger partial charge in [-0.15, -0.1) is 23.2 Å². The number of nitrogens with zero attached hydrogens (tertiary/aromatic N) is 6. The number of esters is 2. The molecule has 2 aliphatic rings. The highest BCUT2D eigenvalue weighted by Crippen LogP contribution is 2.35. The van der Waals surface area contributed by atoms with E-state index in [4.69, 9.17) is 51.1 Å². The van der Waals surface area contributed by atoms with E-state index < -0.39 is 49.5 Å². The van der Waals surface area contributed by atoms with Crippen molar-refractivity contribution in [3.8, 4) is 0 Å². The van der Waals surface area contributed by atoms with Gasteiger partial charge in [0.05, 0.1) is 41.3 Å². The van der Waals surface area contributed by atoms with E-state index in [1.807, 2.05) is 10.6 Å². The Bertz CT molecular complexity index is 3030. The number of ketones is 1. The minimum atomic E-state index is -3.88. The number of sulfonamides is 2. The summed E-state index contributed by atoms with van der Waals surface area (Å²) in [6, 6.07) is 15.2. The normalized spacial score (nSPS) is 15.9. The lowest BCUT2D eigenvalue weighted by Crippen LogP contribution is -2.42. The van der Waals surface area contributed by atoms with Crippen LogP contribution in [0.3, 0.4) is 0 Å². The van der Waals surface area contributed by atoms with E-state index in [2.05, 4.69) is 14.7 Å².